The van der Waals surface area contributed by atoms with Gasteiger partial charge < -0.3 is 10.1 Å². The second-order valence-electron chi connectivity index (χ2n) is 3.71. The van der Waals surface area contributed by atoms with E-state index in [0.717, 1.165) is 12.1 Å². The number of nitrogens with one attached hydrogen (secondary N) is 1. The molecule has 0 radical (unpaired) electrons. The molecule has 0 atom stereocenters. The highest BCUT2D eigenvalue weighted by molar-refractivity contribution is 5.72. The van der Waals surface area contributed by atoms with Crippen LogP contribution < -0.4 is 10.1 Å². The summed E-state index contributed by atoms with van der Waals surface area (Å²) in [5.74, 6) is 0.0294. The van der Waals surface area contributed by atoms with Crippen molar-refractivity contribution in [1.29, 1.82) is 0 Å². The maximum atomic E-state index is 12.4. The van der Waals surface area contributed by atoms with Crippen LogP contribution in [0.3, 0.4) is 0 Å². The lowest BCUT2D eigenvalue weighted by molar-refractivity contribution is -0.137. The Bertz CT molecular complexity index is 405. The first kappa shape index (κ1) is 14.3. The molecule has 6 heteroatoms. The van der Waals surface area contributed by atoms with E-state index in [9.17, 15) is 18.0 Å². The Morgan fingerprint density at radius 2 is 2.11 bits per heavy atom. The summed E-state index contributed by atoms with van der Waals surface area (Å²) in [5, 5.41) is 2.57. The Morgan fingerprint density at radius 3 is 2.72 bits per heavy atom. The van der Waals surface area contributed by atoms with Crippen molar-refractivity contribution in [3.8, 4) is 5.75 Å². The molecule has 0 heterocycles. The van der Waals surface area contributed by atoms with E-state index >= 15 is 0 Å². The van der Waals surface area contributed by atoms with Crippen LogP contribution in [-0.2, 0) is 11.0 Å². The van der Waals surface area contributed by atoms with Crippen molar-refractivity contribution in [2.45, 2.75) is 19.5 Å². The van der Waals surface area contributed by atoms with Crippen LogP contribution in [0.5, 0.6) is 5.75 Å². The van der Waals surface area contributed by atoms with Gasteiger partial charge in [0, 0.05) is 13.5 Å². The van der Waals surface area contributed by atoms with Crippen molar-refractivity contribution in [3.63, 3.8) is 0 Å². The number of rotatable bonds is 5. The third kappa shape index (κ3) is 5.07. The molecule has 100 valence electrons. The van der Waals surface area contributed by atoms with Gasteiger partial charge in [0.15, 0.2) is 0 Å². The summed E-state index contributed by atoms with van der Waals surface area (Å²) in [4.78, 5) is 10.6. The van der Waals surface area contributed by atoms with Crippen LogP contribution in [0.4, 0.5) is 13.2 Å². The van der Waals surface area contributed by atoms with Gasteiger partial charge in [0.2, 0.25) is 5.91 Å². The summed E-state index contributed by atoms with van der Waals surface area (Å²) in [6.45, 7) is 2.09. The third-order valence-electron chi connectivity index (χ3n) is 2.13. The molecule has 0 aromatic heterocycles. The number of alkyl halides is 3. The average molecular weight is 261 g/mol. The molecule has 0 aliphatic rings. The van der Waals surface area contributed by atoms with Crippen molar-refractivity contribution < 1.29 is 22.7 Å². The van der Waals surface area contributed by atoms with Crippen LogP contribution >= 0.6 is 0 Å². The smallest absolute Gasteiger partial charge is 0.416 e. The largest absolute Gasteiger partial charge is 0.494 e. The molecule has 0 saturated heterocycles. The molecule has 0 aliphatic heterocycles. The second-order valence-corrected chi connectivity index (χ2v) is 3.71. The van der Waals surface area contributed by atoms with Crippen molar-refractivity contribution in [2.24, 2.45) is 0 Å². The monoisotopic (exact) mass is 261 g/mol. The number of amides is 1. The second kappa shape index (κ2) is 6.28. The molecule has 0 bridgehead atoms. The predicted octanol–water partition coefficient (Wildman–Crippen LogP) is 2.61. The maximum absolute atomic E-state index is 12.4. The highest BCUT2D eigenvalue weighted by Crippen LogP contribution is 2.31. The van der Waals surface area contributed by atoms with Gasteiger partial charge in [-0.2, -0.15) is 13.2 Å². The summed E-state index contributed by atoms with van der Waals surface area (Å²) in [6, 6.07) is 4.71. The Morgan fingerprint density at radius 1 is 1.39 bits per heavy atom. The van der Waals surface area contributed by atoms with Crippen molar-refractivity contribution >= 4 is 5.91 Å². The Hall–Kier alpha value is -1.72. The molecule has 1 aromatic rings. The highest BCUT2D eigenvalue weighted by Gasteiger charge is 2.30. The van der Waals surface area contributed by atoms with Gasteiger partial charge in [-0.1, -0.05) is 6.07 Å². The zero-order chi connectivity index (χ0) is 13.6. The molecule has 18 heavy (non-hydrogen) atoms. The highest BCUT2D eigenvalue weighted by atomic mass is 19.4. The Labute approximate surface area is 103 Å². The lowest BCUT2D eigenvalue weighted by Gasteiger charge is -2.10. The van der Waals surface area contributed by atoms with Crippen molar-refractivity contribution in [2.75, 3.05) is 13.2 Å². The molecule has 0 fully saturated rings. The molecule has 0 saturated carbocycles. The average Bonchev–Trinajstić information content (AvgIpc) is 2.27. The number of hydrogen-bond acceptors (Lipinski definition) is 2. The van der Waals surface area contributed by atoms with E-state index in [-0.39, 0.29) is 18.3 Å². The van der Waals surface area contributed by atoms with Crippen LogP contribution in [0.2, 0.25) is 0 Å². The van der Waals surface area contributed by atoms with Gasteiger partial charge in [-0.05, 0) is 24.6 Å². The van der Waals surface area contributed by atoms with Crippen molar-refractivity contribution in [3.05, 3.63) is 29.8 Å². The lowest BCUT2D eigenvalue weighted by Crippen LogP contribution is -2.22. The summed E-state index contributed by atoms with van der Waals surface area (Å²) in [7, 11) is 0. The minimum absolute atomic E-state index is 0.144. The molecule has 0 spiro atoms. The molecule has 0 aliphatic carbocycles. The van der Waals surface area contributed by atoms with Crippen LogP contribution in [0.1, 0.15) is 18.9 Å². The molecule has 1 aromatic carbocycles. The molecule has 1 rings (SSSR count). The fraction of sp³-hybridized carbons (Fsp3) is 0.417. The third-order valence-corrected chi connectivity index (χ3v) is 2.13. The van der Waals surface area contributed by atoms with Gasteiger partial charge >= 0.3 is 6.18 Å². The lowest BCUT2D eigenvalue weighted by atomic mass is 10.2. The van der Waals surface area contributed by atoms with E-state index in [2.05, 4.69) is 5.32 Å². The number of carbonyl (C=O) groups is 1. The Kier molecular flexibility index (Phi) is 5.00. The van der Waals surface area contributed by atoms with Crippen LogP contribution in [0, 0.1) is 0 Å². The van der Waals surface area contributed by atoms with Crippen LogP contribution in [0.15, 0.2) is 24.3 Å². The first-order chi connectivity index (χ1) is 8.39. The molecule has 3 nitrogen and oxygen atoms in total. The quantitative estimate of drug-likeness (QED) is 0.827. The number of hydrogen-bond donors (Lipinski definition) is 1. The summed E-state index contributed by atoms with van der Waals surface area (Å²) in [5.41, 5.74) is -0.734. The van der Waals surface area contributed by atoms with E-state index in [1.54, 1.807) is 0 Å². The van der Waals surface area contributed by atoms with E-state index in [1.165, 1.54) is 19.1 Å². The van der Waals surface area contributed by atoms with Crippen molar-refractivity contribution in [1.82, 2.24) is 5.32 Å². The summed E-state index contributed by atoms with van der Waals surface area (Å²) in [6.07, 6.45) is -3.83. The van der Waals surface area contributed by atoms with Gasteiger partial charge in [0.05, 0.1) is 12.2 Å². The molecule has 1 amide bonds. The SMILES string of the molecule is CC(=O)NCCCOc1cccc(C(F)(F)F)c1. The van der Waals surface area contributed by atoms with E-state index in [4.69, 9.17) is 4.74 Å². The summed E-state index contributed by atoms with van der Waals surface area (Å²) >= 11 is 0. The fourth-order valence-electron chi connectivity index (χ4n) is 1.29. The fourth-order valence-corrected chi connectivity index (χ4v) is 1.29. The normalized spacial score (nSPS) is 11.1. The van der Waals surface area contributed by atoms with Crippen LogP contribution in [-0.4, -0.2) is 19.1 Å². The van der Waals surface area contributed by atoms with Gasteiger partial charge in [0.1, 0.15) is 5.75 Å². The van der Waals surface area contributed by atoms with E-state index < -0.39 is 11.7 Å². The summed E-state index contributed by atoms with van der Waals surface area (Å²) < 4.78 is 42.4. The number of carbonyl (C=O) groups excluding carboxylic acids is 1. The minimum atomic E-state index is -4.37. The molecular formula is C12H14F3NO2. The number of halogens is 3. The predicted molar refractivity (Wildman–Crippen MR) is 60.2 cm³/mol. The van der Waals surface area contributed by atoms with Gasteiger partial charge in [-0.3, -0.25) is 4.79 Å². The number of ether oxygens (including phenoxy) is 1. The molecule has 0 unspecified atom stereocenters. The van der Waals surface area contributed by atoms with Gasteiger partial charge in [-0.15, -0.1) is 0 Å². The minimum Gasteiger partial charge on any atom is -0.494 e. The first-order valence-electron chi connectivity index (χ1n) is 5.44. The zero-order valence-corrected chi connectivity index (χ0v) is 9.88. The zero-order valence-electron chi connectivity index (χ0n) is 9.88. The van der Waals surface area contributed by atoms with Gasteiger partial charge in [-0.25, -0.2) is 0 Å². The maximum Gasteiger partial charge on any atom is 0.416 e. The topological polar surface area (TPSA) is 38.3 Å². The van der Waals surface area contributed by atoms with E-state index in [0.29, 0.717) is 13.0 Å². The standard InChI is InChI=1S/C12H14F3NO2/c1-9(17)16-6-3-7-18-11-5-2-4-10(8-11)12(13,14)15/h2,4-5,8H,3,6-7H2,1H3,(H,16,17). The first-order valence-corrected chi connectivity index (χ1v) is 5.44. The Balaban J connectivity index is 2.41. The molecule has 1 N–H and O–H groups in total. The number of benzene rings is 1. The molecular weight excluding hydrogens is 247 g/mol. The van der Waals surface area contributed by atoms with E-state index in [1.807, 2.05) is 0 Å². The van der Waals surface area contributed by atoms with Crippen LogP contribution in [0.25, 0.3) is 0 Å². The van der Waals surface area contributed by atoms with Gasteiger partial charge in [0.25, 0.3) is 0 Å².